The summed E-state index contributed by atoms with van der Waals surface area (Å²) in [5, 5.41) is 0. The largest absolute Gasteiger partial charge is 0.493 e. The van der Waals surface area contributed by atoms with Crippen LogP contribution in [0.25, 0.3) is 5.82 Å². The van der Waals surface area contributed by atoms with E-state index in [0.717, 1.165) is 17.5 Å². The molecule has 0 spiro atoms. The van der Waals surface area contributed by atoms with Gasteiger partial charge in [-0.1, -0.05) is 0 Å². The molecule has 0 radical (unpaired) electrons. The number of aryl methyl sites for hydroxylation is 1. The molecule has 1 saturated heterocycles. The lowest BCUT2D eigenvalue weighted by atomic mass is 10.1. The highest BCUT2D eigenvalue weighted by molar-refractivity contribution is 5.95. The van der Waals surface area contributed by atoms with Crippen molar-refractivity contribution < 1.29 is 14.3 Å². The zero-order valence-electron chi connectivity index (χ0n) is 17.3. The fraction of sp³-hybridized carbons (Fsp3) is 0.333. The van der Waals surface area contributed by atoms with Gasteiger partial charge in [-0.15, -0.1) is 0 Å². The second-order valence-corrected chi connectivity index (χ2v) is 6.93. The molecular formula is C21H24N6O3. The van der Waals surface area contributed by atoms with E-state index in [1.54, 1.807) is 44.9 Å². The third-order valence-corrected chi connectivity index (χ3v) is 5.23. The quantitative estimate of drug-likeness (QED) is 0.638. The summed E-state index contributed by atoms with van der Waals surface area (Å²) in [6.45, 7) is 4.53. The molecule has 0 unspecified atom stereocenters. The molecule has 4 rings (SSSR count). The summed E-state index contributed by atoms with van der Waals surface area (Å²) in [5.74, 6) is 3.61. The van der Waals surface area contributed by atoms with Gasteiger partial charge in [0.2, 0.25) is 0 Å². The number of aromatic nitrogens is 4. The Labute approximate surface area is 174 Å². The smallest absolute Gasteiger partial charge is 0.254 e. The van der Waals surface area contributed by atoms with E-state index in [9.17, 15) is 4.79 Å². The van der Waals surface area contributed by atoms with Gasteiger partial charge in [-0.3, -0.25) is 9.36 Å². The highest BCUT2D eigenvalue weighted by Gasteiger charge is 2.24. The van der Waals surface area contributed by atoms with E-state index < -0.39 is 0 Å². The number of piperazine rings is 1. The van der Waals surface area contributed by atoms with Gasteiger partial charge >= 0.3 is 0 Å². The maximum Gasteiger partial charge on any atom is 0.254 e. The first-order valence-electron chi connectivity index (χ1n) is 9.69. The molecule has 9 heteroatoms. The standard InChI is InChI=1S/C21H24N6O3/c1-15-22-6-7-27(15)20-13-19(23-14-24-20)25-8-10-26(11-9-25)21(28)16-4-5-17(29-2)18(12-16)30-3/h4-7,12-14H,8-11H2,1-3H3. The Morgan fingerprint density at radius 1 is 0.933 bits per heavy atom. The monoisotopic (exact) mass is 408 g/mol. The van der Waals surface area contributed by atoms with E-state index in [1.807, 2.05) is 28.7 Å². The number of rotatable bonds is 5. The zero-order valence-corrected chi connectivity index (χ0v) is 17.3. The van der Waals surface area contributed by atoms with Crippen molar-refractivity contribution in [1.82, 2.24) is 24.4 Å². The van der Waals surface area contributed by atoms with Gasteiger partial charge in [0, 0.05) is 50.2 Å². The molecule has 0 saturated carbocycles. The van der Waals surface area contributed by atoms with E-state index in [-0.39, 0.29) is 5.91 Å². The second-order valence-electron chi connectivity index (χ2n) is 6.93. The summed E-state index contributed by atoms with van der Waals surface area (Å²) < 4.78 is 12.5. The van der Waals surface area contributed by atoms with Crippen LogP contribution in [-0.4, -0.2) is 70.7 Å². The molecule has 0 atom stereocenters. The average Bonchev–Trinajstić information content (AvgIpc) is 3.24. The number of hydrogen-bond donors (Lipinski definition) is 0. The lowest BCUT2D eigenvalue weighted by Crippen LogP contribution is -2.49. The Morgan fingerprint density at radius 3 is 2.33 bits per heavy atom. The minimum Gasteiger partial charge on any atom is -0.493 e. The maximum atomic E-state index is 12.9. The Kier molecular flexibility index (Phi) is 5.51. The lowest BCUT2D eigenvalue weighted by Gasteiger charge is -2.35. The Balaban J connectivity index is 1.44. The van der Waals surface area contributed by atoms with Crippen LogP contribution in [0.2, 0.25) is 0 Å². The highest BCUT2D eigenvalue weighted by atomic mass is 16.5. The Hall–Kier alpha value is -3.62. The summed E-state index contributed by atoms with van der Waals surface area (Å²) in [7, 11) is 3.14. The van der Waals surface area contributed by atoms with Crippen LogP contribution >= 0.6 is 0 Å². The number of imidazole rings is 1. The number of nitrogens with zero attached hydrogens (tertiary/aromatic N) is 6. The molecule has 1 aliphatic heterocycles. The molecule has 0 bridgehead atoms. The van der Waals surface area contributed by atoms with Crippen molar-refractivity contribution in [2.24, 2.45) is 0 Å². The number of hydrogen-bond acceptors (Lipinski definition) is 7. The molecule has 1 aliphatic rings. The highest BCUT2D eigenvalue weighted by Crippen LogP contribution is 2.28. The number of carbonyl (C=O) groups is 1. The van der Waals surface area contributed by atoms with Crippen LogP contribution in [0.1, 0.15) is 16.2 Å². The van der Waals surface area contributed by atoms with Gasteiger partial charge in [-0.05, 0) is 25.1 Å². The molecule has 3 heterocycles. The van der Waals surface area contributed by atoms with E-state index >= 15 is 0 Å². The third-order valence-electron chi connectivity index (χ3n) is 5.23. The van der Waals surface area contributed by atoms with Gasteiger partial charge in [0.05, 0.1) is 14.2 Å². The van der Waals surface area contributed by atoms with Gasteiger partial charge < -0.3 is 19.3 Å². The summed E-state index contributed by atoms with van der Waals surface area (Å²) in [4.78, 5) is 30.0. The number of benzene rings is 1. The van der Waals surface area contributed by atoms with Crippen molar-refractivity contribution in [2.75, 3.05) is 45.3 Å². The van der Waals surface area contributed by atoms with Crippen molar-refractivity contribution >= 4 is 11.7 Å². The summed E-state index contributed by atoms with van der Waals surface area (Å²) >= 11 is 0. The first kappa shape index (κ1) is 19.7. The average molecular weight is 408 g/mol. The van der Waals surface area contributed by atoms with Gasteiger partial charge in [0.15, 0.2) is 11.5 Å². The Bertz CT molecular complexity index is 1040. The maximum absolute atomic E-state index is 12.9. The van der Waals surface area contributed by atoms with Crippen LogP contribution in [0.3, 0.4) is 0 Å². The van der Waals surface area contributed by atoms with Gasteiger partial charge in [-0.25, -0.2) is 15.0 Å². The van der Waals surface area contributed by atoms with Crippen molar-refractivity contribution in [2.45, 2.75) is 6.92 Å². The SMILES string of the molecule is COc1ccc(C(=O)N2CCN(c3cc(-n4ccnc4C)ncn3)CC2)cc1OC. The second kappa shape index (κ2) is 8.40. The van der Waals surface area contributed by atoms with E-state index in [0.29, 0.717) is 43.2 Å². The van der Waals surface area contributed by atoms with E-state index in [1.165, 1.54) is 0 Å². The molecule has 3 aromatic rings. The molecule has 0 N–H and O–H groups in total. The van der Waals surface area contributed by atoms with Crippen LogP contribution in [-0.2, 0) is 0 Å². The molecule has 30 heavy (non-hydrogen) atoms. The van der Waals surface area contributed by atoms with Crippen LogP contribution in [0.4, 0.5) is 5.82 Å². The first-order valence-corrected chi connectivity index (χ1v) is 9.69. The summed E-state index contributed by atoms with van der Waals surface area (Å²) in [6.07, 6.45) is 5.18. The predicted molar refractivity (Wildman–Crippen MR) is 112 cm³/mol. The number of methoxy groups -OCH3 is 2. The molecular weight excluding hydrogens is 384 g/mol. The van der Waals surface area contributed by atoms with Gasteiger partial charge in [-0.2, -0.15) is 0 Å². The number of carbonyl (C=O) groups excluding carboxylic acids is 1. The summed E-state index contributed by atoms with van der Waals surface area (Å²) in [5.41, 5.74) is 0.584. The zero-order chi connectivity index (χ0) is 21.1. The first-order chi connectivity index (χ1) is 14.6. The van der Waals surface area contributed by atoms with E-state index in [2.05, 4.69) is 19.9 Å². The van der Waals surface area contributed by atoms with Crippen LogP contribution in [0.5, 0.6) is 11.5 Å². The van der Waals surface area contributed by atoms with E-state index in [4.69, 9.17) is 9.47 Å². The van der Waals surface area contributed by atoms with Crippen LogP contribution in [0, 0.1) is 6.92 Å². The Morgan fingerprint density at radius 2 is 1.67 bits per heavy atom. The molecule has 2 aromatic heterocycles. The predicted octanol–water partition coefficient (Wildman–Crippen LogP) is 1.95. The molecule has 1 fully saturated rings. The third kappa shape index (κ3) is 3.78. The van der Waals surface area contributed by atoms with Crippen LogP contribution < -0.4 is 14.4 Å². The summed E-state index contributed by atoms with van der Waals surface area (Å²) in [6, 6.07) is 7.18. The van der Waals surface area contributed by atoms with Crippen molar-refractivity contribution in [1.29, 1.82) is 0 Å². The minimum atomic E-state index is -0.0204. The molecule has 9 nitrogen and oxygen atoms in total. The minimum absolute atomic E-state index is 0.0204. The fourth-order valence-electron chi connectivity index (χ4n) is 3.55. The van der Waals surface area contributed by atoms with Crippen molar-refractivity contribution in [3.05, 3.63) is 54.4 Å². The van der Waals surface area contributed by atoms with Gasteiger partial charge in [0.25, 0.3) is 5.91 Å². The number of anilines is 1. The number of amides is 1. The molecule has 1 aromatic carbocycles. The van der Waals surface area contributed by atoms with Crippen molar-refractivity contribution in [3.63, 3.8) is 0 Å². The van der Waals surface area contributed by atoms with Gasteiger partial charge in [0.1, 0.15) is 23.8 Å². The normalized spacial score (nSPS) is 14.0. The van der Waals surface area contributed by atoms with Crippen molar-refractivity contribution in [3.8, 4) is 17.3 Å². The topological polar surface area (TPSA) is 85.6 Å². The number of ether oxygens (including phenoxy) is 2. The molecule has 156 valence electrons. The fourth-order valence-corrected chi connectivity index (χ4v) is 3.55. The molecule has 0 aliphatic carbocycles. The van der Waals surface area contributed by atoms with Crippen LogP contribution in [0.15, 0.2) is 43.0 Å². The lowest BCUT2D eigenvalue weighted by molar-refractivity contribution is 0.0746. The molecule has 1 amide bonds.